The Bertz CT molecular complexity index is 1450. The van der Waals surface area contributed by atoms with Crippen LogP contribution in [0.1, 0.15) is 32.8 Å². The van der Waals surface area contributed by atoms with Gasteiger partial charge in [-0.25, -0.2) is 8.42 Å². The van der Waals surface area contributed by atoms with Crippen LogP contribution in [0.15, 0.2) is 82.2 Å². The number of hydrogen-bond acceptors (Lipinski definition) is 6. The third kappa shape index (κ3) is 8.01. The number of ether oxygens (including phenoxy) is 2. The molecule has 2 atom stereocenters. The van der Waals surface area contributed by atoms with Gasteiger partial charge in [0, 0.05) is 23.1 Å². The number of para-hydroxylation sites is 1. The van der Waals surface area contributed by atoms with Gasteiger partial charge in [0.05, 0.1) is 24.8 Å². The van der Waals surface area contributed by atoms with Gasteiger partial charge in [-0.3, -0.25) is 13.9 Å². The van der Waals surface area contributed by atoms with Gasteiger partial charge in [-0.2, -0.15) is 0 Å². The Hall–Kier alpha value is -3.57. The van der Waals surface area contributed by atoms with E-state index in [1.807, 2.05) is 38.1 Å². The monoisotopic (exact) mass is 645 g/mol. The van der Waals surface area contributed by atoms with E-state index in [0.717, 1.165) is 20.8 Å². The first-order valence-corrected chi connectivity index (χ1v) is 15.4. The molecule has 3 aromatic rings. The van der Waals surface area contributed by atoms with E-state index in [-0.39, 0.29) is 29.1 Å². The molecule has 0 fully saturated rings. The van der Waals surface area contributed by atoms with Crippen LogP contribution in [-0.2, 0) is 26.2 Å². The van der Waals surface area contributed by atoms with Gasteiger partial charge in [-0.15, -0.1) is 0 Å². The van der Waals surface area contributed by atoms with Crippen LogP contribution in [0.25, 0.3) is 0 Å². The third-order valence-electron chi connectivity index (χ3n) is 6.68. The first-order chi connectivity index (χ1) is 19.5. The number of hydrogen-bond donors (Lipinski definition) is 1. The van der Waals surface area contributed by atoms with Crippen LogP contribution >= 0.6 is 15.9 Å². The topological polar surface area (TPSA) is 105 Å². The molecule has 0 saturated heterocycles. The van der Waals surface area contributed by atoms with Gasteiger partial charge in [0.2, 0.25) is 11.8 Å². The van der Waals surface area contributed by atoms with Gasteiger partial charge in [0.15, 0.2) is 11.5 Å². The molecular formula is C30H36BrN3O6S. The number of benzene rings is 3. The van der Waals surface area contributed by atoms with E-state index in [2.05, 4.69) is 21.2 Å². The molecule has 0 aromatic heterocycles. The third-order valence-corrected chi connectivity index (χ3v) is 8.94. The quantitative estimate of drug-likeness (QED) is 0.281. The Balaban J connectivity index is 2.04. The van der Waals surface area contributed by atoms with Crippen molar-refractivity contribution in [2.45, 2.75) is 50.7 Å². The number of carbonyl (C=O) groups excluding carboxylic acids is 2. The summed E-state index contributed by atoms with van der Waals surface area (Å²) in [4.78, 5) is 28.5. The Kier molecular flexibility index (Phi) is 11.2. The first kappa shape index (κ1) is 32.0. The maximum Gasteiger partial charge on any atom is 0.264 e. The SMILES string of the molecule is CC[C@@H](C)NC(=O)[C@@H](C)N(Cc1cccc(Br)c1)C(=O)CN(c1ccccc1)S(=O)(=O)c1ccc(OC)c(OC)c1. The highest BCUT2D eigenvalue weighted by Gasteiger charge is 2.33. The number of anilines is 1. The molecule has 41 heavy (non-hydrogen) atoms. The molecule has 0 aliphatic carbocycles. The van der Waals surface area contributed by atoms with Crippen LogP contribution in [0, 0.1) is 0 Å². The summed E-state index contributed by atoms with van der Waals surface area (Å²) >= 11 is 3.45. The molecule has 3 aromatic carbocycles. The molecule has 0 unspecified atom stereocenters. The number of methoxy groups -OCH3 is 2. The van der Waals surface area contributed by atoms with E-state index in [1.165, 1.54) is 37.3 Å². The molecule has 220 valence electrons. The summed E-state index contributed by atoms with van der Waals surface area (Å²) in [5, 5.41) is 2.93. The van der Waals surface area contributed by atoms with Crippen LogP contribution in [0.5, 0.6) is 11.5 Å². The normalized spacial score (nSPS) is 12.6. The number of rotatable bonds is 13. The van der Waals surface area contributed by atoms with Gasteiger partial charge in [-0.1, -0.05) is 53.2 Å². The molecule has 0 bridgehead atoms. The second-order valence-corrected chi connectivity index (χ2v) is 12.3. The summed E-state index contributed by atoms with van der Waals surface area (Å²) in [6.45, 7) is 5.06. The zero-order chi connectivity index (χ0) is 30.2. The number of carbonyl (C=O) groups is 2. The zero-order valence-electron chi connectivity index (χ0n) is 23.8. The summed E-state index contributed by atoms with van der Waals surface area (Å²) in [5.41, 5.74) is 1.08. The van der Waals surface area contributed by atoms with Crippen LogP contribution < -0.4 is 19.1 Å². The van der Waals surface area contributed by atoms with Gasteiger partial charge < -0.3 is 19.7 Å². The minimum absolute atomic E-state index is 0.0760. The molecule has 0 spiro atoms. The minimum Gasteiger partial charge on any atom is -0.493 e. The Labute approximate surface area is 250 Å². The molecule has 2 amide bonds. The van der Waals surface area contributed by atoms with Crippen molar-refractivity contribution in [1.29, 1.82) is 0 Å². The lowest BCUT2D eigenvalue weighted by atomic mass is 10.1. The van der Waals surface area contributed by atoms with Crippen molar-refractivity contribution in [3.05, 3.63) is 82.8 Å². The van der Waals surface area contributed by atoms with Gasteiger partial charge >= 0.3 is 0 Å². The van der Waals surface area contributed by atoms with Gasteiger partial charge in [0.25, 0.3) is 10.0 Å². The van der Waals surface area contributed by atoms with Crippen LogP contribution in [0.2, 0.25) is 0 Å². The number of nitrogens with zero attached hydrogens (tertiary/aromatic N) is 2. The van der Waals surface area contributed by atoms with Crippen molar-refractivity contribution in [2.75, 3.05) is 25.1 Å². The molecule has 3 rings (SSSR count). The average molecular weight is 647 g/mol. The number of halogens is 1. The van der Waals surface area contributed by atoms with Crippen LogP contribution in [0.3, 0.4) is 0 Å². The number of sulfonamides is 1. The number of nitrogens with one attached hydrogen (secondary N) is 1. The second kappa shape index (κ2) is 14.4. The molecule has 0 heterocycles. The van der Waals surface area contributed by atoms with Crippen molar-refractivity contribution in [2.24, 2.45) is 0 Å². The number of amides is 2. The highest BCUT2D eigenvalue weighted by molar-refractivity contribution is 9.10. The molecule has 9 nitrogen and oxygen atoms in total. The van der Waals surface area contributed by atoms with Crippen molar-refractivity contribution < 1.29 is 27.5 Å². The lowest BCUT2D eigenvalue weighted by Crippen LogP contribution is -2.52. The zero-order valence-corrected chi connectivity index (χ0v) is 26.2. The largest absolute Gasteiger partial charge is 0.493 e. The van der Waals surface area contributed by atoms with E-state index < -0.39 is 28.5 Å². The average Bonchev–Trinajstić information content (AvgIpc) is 2.97. The predicted molar refractivity (Wildman–Crippen MR) is 163 cm³/mol. The summed E-state index contributed by atoms with van der Waals surface area (Å²) in [7, 11) is -1.37. The summed E-state index contributed by atoms with van der Waals surface area (Å²) in [6.07, 6.45) is 0.726. The molecule has 11 heteroatoms. The highest BCUT2D eigenvalue weighted by Crippen LogP contribution is 2.32. The smallest absolute Gasteiger partial charge is 0.264 e. The fraction of sp³-hybridized carbons (Fsp3) is 0.333. The minimum atomic E-state index is -4.25. The van der Waals surface area contributed by atoms with Gasteiger partial charge in [0.1, 0.15) is 12.6 Å². The summed E-state index contributed by atoms with van der Waals surface area (Å²) in [6, 6.07) is 19.1. The molecule has 1 N–H and O–H groups in total. The van der Waals surface area contributed by atoms with E-state index in [1.54, 1.807) is 37.3 Å². The summed E-state index contributed by atoms with van der Waals surface area (Å²) < 4.78 is 40.5. The molecular weight excluding hydrogens is 610 g/mol. The van der Waals surface area contributed by atoms with Crippen LogP contribution in [-0.4, -0.2) is 58.0 Å². The highest BCUT2D eigenvalue weighted by atomic mass is 79.9. The maximum atomic E-state index is 14.0. The Morgan fingerprint density at radius 1 is 0.927 bits per heavy atom. The second-order valence-electron chi connectivity index (χ2n) is 9.51. The van der Waals surface area contributed by atoms with Crippen molar-refractivity contribution in [3.8, 4) is 11.5 Å². The summed E-state index contributed by atoms with van der Waals surface area (Å²) in [5.74, 6) is -0.254. The van der Waals surface area contributed by atoms with Crippen molar-refractivity contribution in [1.82, 2.24) is 10.2 Å². The fourth-order valence-electron chi connectivity index (χ4n) is 4.11. The first-order valence-electron chi connectivity index (χ1n) is 13.2. The molecule has 0 aliphatic heterocycles. The standard InChI is InChI=1S/C30H36BrN3O6S/c1-6-21(2)32-30(36)22(3)33(19-23-11-10-12-24(31)17-23)29(35)20-34(25-13-8-7-9-14-25)41(37,38)26-15-16-27(39-4)28(18-26)40-5/h7-18,21-22H,6,19-20H2,1-5H3,(H,32,36)/t21-,22-/m1/s1. The van der Waals surface area contributed by atoms with E-state index in [9.17, 15) is 18.0 Å². The Morgan fingerprint density at radius 2 is 1.61 bits per heavy atom. The van der Waals surface area contributed by atoms with Crippen LogP contribution in [0.4, 0.5) is 5.69 Å². The molecule has 0 radical (unpaired) electrons. The maximum absolute atomic E-state index is 14.0. The lowest BCUT2D eigenvalue weighted by Gasteiger charge is -2.32. The van der Waals surface area contributed by atoms with Crippen molar-refractivity contribution >= 4 is 43.5 Å². The molecule has 0 saturated carbocycles. The Morgan fingerprint density at radius 3 is 2.22 bits per heavy atom. The van der Waals surface area contributed by atoms with E-state index in [0.29, 0.717) is 11.4 Å². The fourth-order valence-corrected chi connectivity index (χ4v) is 5.98. The molecule has 0 aliphatic rings. The van der Waals surface area contributed by atoms with E-state index in [4.69, 9.17) is 9.47 Å². The predicted octanol–water partition coefficient (Wildman–Crippen LogP) is 4.99. The van der Waals surface area contributed by atoms with Crippen molar-refractivity contribution in [3.63, 3.8) is 0 Å². The van der Waals surface area contributed by atoms with E-state index >= 15 is 0 Å². The lowest BCUT2D eigenvalue weighted by molar-refractivity contribution is -0.139. The van der Waals surface area contributed by atoms with Gasteiger partial charge in [-0.05, 0) is 62.2 Å².